The molecular weight excluding hydrogens is 749 g/mol. The van der Waals surface area contributed by atoms with Crippen molar-refractivity contribution < 1.29 is 57.4 Å². The highest BCUT2D eigenvalue weighted by atomic mass is 31.2. The second-order valence-electron chi connectivity index (χ2n) is 16.7. The van der Waals surface area contributed by atoms with E-state index in [-0.39, 0.29) is 44.3 Å². The molecule has 0 spiro atoms. The topological polar surface area (TPSA) is 172 Å². The van der Waals surface area contributed by atoms with Crippen LogP contribution in [0.15, 0.2) is 36.5 Å². The van der Waals surface area contributed by atoms with E-state index in [1.807, 2.05) is 39.4 Å². The third-order valence-electron chi connectivity index (χ3n) is 10.2. The van der Waals surface area contributed by atoms with Gasteiger partial charge in [-0.2, -0.15) is 0 Å². The molecule has 7 atom stereocenters. The second kappa shape index (κ2) is 32.0. The highest BCUT2D eigenvalue weighted by Crippen LogP contribution is 2.38. The molecule has 3 N–H and O–H groups in total. The number of hydrogen-bond donors (Lipinski definition) is 3. The van der Waals surface area contributed by atoms with E-state index >= 15 is 0 Å². The Balaban J connectivity index is 2.54. The van der Waals surface area contributed by atoms with Crippen molar-refractivity contribution in [3.8, 4) is 0 Å². The number of aliphatic hydroxyl groups excluding tert-OH is 3. The Labute approximate surface area is 345 Å². The standard InChI is InChI=1S/C44H80NO11P/c1-6-8-10-11-12-13-14-15-16-17-18-19-24-28-43(49)53-35-38(36-55-57(51,52)54-33-32-45(3,4)5)56-44(50)29-25-21-20-23-27-39-40(42(48)34-41(39)47)31-30-37(46)26-22-9-7-2/h13-14,20,23,30-31,37-42,46-48H,6-12,15-19,21-22,24-29,32-36H2,1-5H3/b14-13-,23-20+,31-30+/t37-,38+,39+,40+,41-,42+/m0/s1. The quantitative estimate of drug-likeness (QED) is 0.0187. The molecule has 1 unspecified atom stereocenters. The van der Waals surface area contributed by atoms with E-state index in [4.69, 9.17) is 18.5 Å². The van der Waals surface area contributed by atoms with Crippen molar-refractivity contribution in [2.75, 3.05) is 47.5 Å². The molecule has 0 bridgehead atoms. The molecule has 0 amide bonds. The lowest BCUT2D eigenvalue weighted by molar-refractivity contribution is -0.870. The Kier molecular flexibility index (Phi) is 29.8. The molecule has 1 saturated carbocycles. The van der Waals surface area contributed by atoms with Crippen molar-refractivity contribution in [3.05, 3.63) is 36.5 Å². The number of phosphoric acid groups is 1. The molecular formula is C44H80NO11P. The van der Waals surface area contributed by atoms with Gasteiger partial charge in [-0.1, -0.05) is 108 Å². The number of unbranched alkanes of at least 4 members (excludes halogenated alkanes) is 12. The summed E-state index contributed by atoms with van der Waals surface area (Å²) < 4.78 is 33.8. The Hall–Kier alpha value is -1.89. The minimum atomic E-state index is -4.69. The van der Waals surface area contributed by atoms with Gasteiger partial charge in [-0.15, -0.1) is 0 Å². The summed E-state index contributed by atoms with van der Waals surface area (Å²) in [5.41, 5.74) is 0. The van der Waals surface area contributed by atoms with E-state index in [2.05, 4.69) is 26.0 Å². The number of hydrogen-bond acceptors (Lipinski definition) is 11. The minimum absolute atomic E-state index is 0.0463. The summed E-state index contributed by atoms with van der Waals surface area (Å²) in [5.74, 6) is -1.46. The summed E-state index contributed by atoms with van der Waals surface area (Å²) in [5, 5.41) is 31.4. The first-order valence-corrected chi connectivity index (χ1v) is 23.4. The Morgan fingerprint density at radius 2 is 1.37 bits per heavy atom. The largest absolute Gasteiger partial charge is 0.756 e. The molecule has 1 aliphatic rings. The van der Waals surface area contributed by atoms with Crippen molar-refractivity contribution in [3.63, 3.8) is 0 Å². The van der Waals surface area contributed by atoms with Crippen LogP contribution in [0.3, 0.4) is 0 Å². The average molecular weight is 830 g/mol. The van der Waals surface area contributed by atoms with Crippen LogP contribution in [0.25, 0.3) is 0 Å². The van der Waals surface area contributed by atoms with E-state index < -0.39 is 50.8 Å². The van der Waals surface area contributed by atoms with Gasteiger partial charge in [0.2, 0.25) is 0 Å². The first-order chi connectivity index (χ1) is 27.2. The summed E-state index contributed by atoms with van der Waals surface area (Å²) in [4.78, 5) is 37.7. The maximum atomic E-state index is 12.8. The Morgan fingerprint density at radius 1 is 0.772 bits per heavy atom. The molecule has 12 nitrogen and oxygen atoms in total. The normalized spacial score (nSPS) is 21.1. The van der Waals surface area contributed by atoms with Crippen molar-refractivity contribution >= 4 is 19.8 Å². The number of esters is 2. The molecule has 1 rings (SSSR count). The van der Waals surface area contributed by atoms with Gasteiger partial charge in [0.1, 0.15) is 19.8 Å². The number of likely N-dealkylation sites (N-methyl/N-ethyl adjacent to an activating group) is 1. The van der Waals surface area contributed by atoms with Crippen LogP contribution in [0.5, 0.6) is 0 Å². The molecule has 0 aromatic rings. The van der Waals surface area contributed by atoms with E-state index in [1.54, 1.807) is 6.08 Å². The number of carbonyl (C=O) groups excluding carboxylic acids is 2. The van der Waals surface area contributed by atoms with Crippen molar-refractivity contribution in [2.24, 2.45) is 11.8 Å². The van der Waals surface area contributed by atoms with Gasteiger partial charge in [-0.25, -0.2) is 0 Å². The zero-order valence-electron chi connectivity index (χ0n) is 36.1. The van der Waals surface area contributed by atoms with Crippen LogP contribution in [0.1, 0.15) is 149 Å². The van der Waals surface area contributed by atoms with Gasteiger partial charge in [-0.3, -0.25) is 14.2 Å². The number of quaternary nitrogens is 1. The zero-order valence-corrected chi connectivity index (χ0v) is 37.0. The van der Waals surface area contributed by atoms with Crippen molar-refractivity contribution in [1.29, 1.82) is 0 Å². The molecule has 13 heteroatoms. The maximum Gasteiger partial charge on any atom is 0.306 e. The molecule has 1 fully saturated rings. The Morgan fingerprint density at radius 3 is 2.05 bits per heavy atom. The molecule has 0 aliphatic heterocycles. The number of rotatable bonds is 35. The molecule has 57 heavy (non-hydrogen) atoms. The average Bonchev–Trinajstić information content (AvgIpc) is 3.41. The third-order valence-corrected chi connectivity index (χ3v) is 11.2. The summed E-state index contributed by atoms with van der Waals surface area (Å²) in [6.07, 6.45) is 27.0. The fourth-order valence-corrected chi connectivity index (χ4v) is 7.37. The molecule has 0 aromatic carbocycles. The van der Waals surface area contributed by atoms with Crippen LogP contribution in [0, 0.1) is 11.8 Å². The van der Waals surface area contributed by atoms with Crippen LogP contribution >= 0.6 is 7.82 Å². The van der Waals surface area contributed by atoms with Crippen LogP contribution in [-0.2, 0) is 32.7 Å². The first-order valence-electron chi connectivity index (χ1n) is 22.0. The number of aliphatic hydroxyl groups is 3. The predicted octanol–water partition coefficient (Wildman–Crippen LogP) is 7.88. The number of allylic oxidation sites excluding steroid dienone is 4. The van der Waals surface area contributed by atoms with Gasteiger partial charge in [0.25, 0.3) is 7.82 Å². The molecule has 332 valence electrons. The lowest BCUT2D eigenvalue weighted by atomic mass is 9.89. The maximum absolute atomic E-state index is 12.8. The van der Waals surface area contributed by atoms with E-state index in [9.17, 15) is 34.4 Å². The SMILES string of the molecule is CCCCCC/C=C\CCCCCCCC(=O)OC[C@H](COP(=O)([O-])OCC[N+](C)(C)C)OC(=O)CCC/C=C/C[C@@H]1[C@@H](/C=C/[C@@H](O)CCCCC)[C@H](O)C[C@@H]1O. The lowest BCUT2D eigenvalue weighted by Crippen LogP contribution is -2.37. The van der Waals surface area contributed by atoms with Crippen LogP contribution in [-0.4, -0.2) is 104 Å². The van der Waals surface area contributed by atoms with Crippen LogP contribution < -0.4 is 4.89 Å². The number of ether oxygens (including phenoxy) is 2. The first kappa shape index (κ1) is 53.1. The van der Waals surface area contributed by atoms with Crippen LogP contribution in [0.4, 0.5) is 0 Å². The lowest BCUT2D eigenvalue weighted by Gasteiger charge is -2.28. The van der Waals surface area contributed by atoms with Gasteiger partial charge in [0, 0.05) is 25.2 Å². The van der Waals surface area contributed by atoms with Gasteiger partial charge in [0.15, 0.2) is 6.10 Å². The summed E-state index contributed by atoms with van der Waals surface area (Å²) >= 11 is 0. The summed E-state index contributed by atoms with van der Waals surface area (Å²) in [6, 6.07) is 0. The van der Waals surface area contributed by atoms with Crippen molar-refractivity contribution in [2.45, 2.75) is 173 Å². The van der Waals surface area contributed by atoms with Gasteiger partial charge in [0.05, 0.1) is 46.1 Å². The fraction of sp³-hybridized carbons (Fsp3) is 0.818. The zero-order chi connectivity index (χ0) is 42.4. The number of nitrogens with zero attached hydrogens (tertiary/aromatic N) is 1. The summed E-state index contributed by atoms with van der Waals surface area (Å²) in [7, 11) is 1.01. The molecule has 0 heterocycles. The van der Waals surface area contributed by atoms with E-state index in [0.29, 0.717) is 43.1 Å². The third kappa shape index (κ3) is 29.1. The predicted molar refractivity (Wildman–Crippen MR) is 224 cm³/mol. The monoisotopic (exact) mass is 830 g/mol. The highest BCUT2D eigenvalue weighted by Gasteiger charge is 2.39. The Bertz CT molecular complexity index is 1190. The molecule has 1 aliphatic carbocycles. The fourth-order valence-electron chi connectivity index (χ4n) is 6.64. The van der Waals surface area contributed by atoms with Crippen LogP contribution in [0.2, 0.25) is 0 Å². The van der Waals surface area contributed by atoms with E-state index in [1.165, 1.54) is 25.7 Å². The molecule has 0 aromatic heterocycles. The summed E-state index contributed by atoms with van der Waals surface area (Å²) in [6.45, 7) is 3.80. The van der Waals surface area contributed by atoms with E-state index in [0.717, 1.165) is 57.8 Å². The second-order valence-corrected chi connectivity index (χ2v) is 18.1. The smallest absolute Gasteiger partial charge is 0.306 e. The van der Waals surface area contributed by atoms with Gasteiger partial charge in [-0.05, 0) is 63.7 Å². The minimum Gasteiger partial charge on any atom is -0.756 e. The van der Waals surface area contributed by atoms with Gasteiger partial charge >= 0.3 is 11.9 Å². The molecule has 0 saturated heterocycles. The highest BCUT2D eigenvalue weighted by molar-refractivity contribution is 7.45. The van der Waals surface area contributed by atoms with Gasteiger partial charge < -0.3 is 43.2 Å². The van der Waals surface area contributed by atoms with Crippen molar-refractivity contribution in [1.82, 2.24) is 0 Å². The molecule has 0 radical (unpaired) electrons. The number of phosphoric ester groups is 1. The number of carbonyl (C=O) groups is 2.